The molecule has 2 aliphatic heterocycles. The van der Waals surface area contributed by atoms with E-state index in [0.29, 0.717) is 24.8 Å². The highest BCUT2D eigenvalue weighted by molar-refractivity contribution is 8.00. The predicted molar refractivity (Wildman–Crippen MR) is 139 cm³/mol. The molecule has 3 atom stereocenters. The number of amides is 5. The van der Waals surface area contributed by atoms with Gasteiger partial charge in [-0.05, 0) is 44.7 Å². The first-order chi connectivity index (χ1) is 17.6. The van der Waals surface area contributed by atoms with Crippen LogP contribution in [0.1, 0.15) is 57.6 Å². The molecule has 0 unspecified atom stereocenters. The van der Waals surface area contributed by atoms with Crippen LogP contribution in [0.4, 0.5) is 9.59 Å². The molecule has 11 nitrogen and oxygen atoms in total. The zero-order chi connectivity index (χ0) is 26.8. The minimum absolute atomic E-state index is 0.0177. The van der Waals surface area contributed by atoms with Gasteiger partial charge in [-0.15, -0.1) is 0 Å². The maximum Gasteiger partial charge on any atom is 0.431 e. The molecule has 37 heavy (non-hydrogen) atoms. The van der Waals surface area contributed by atoms with E-state index in [1.54, 1.807) is 20.8 Å². The lowest BCUT2D eigenvalue weighted by Crippen LogP contribution is -2.36. The molecule has 2 heterocycles. The molecule has 1 aromatic rings. The van der Waals surface area contributed by atoms with Gasteiger partial charge in [0, 0.05) is 30.5 Å². The van der Waals surface area contributed by atoms with Crippen molar-refractivity contribution >= 4 is 35.7 Å². The van der Waals surface area contributed by atoms with Crippen LogP contribution in [0.25, 0.3) is 0 Å². The number of unbranched alkanes of at least 4 members (excludes halogenated alkanes) is 1. The van der Waals surface area contributed by atoms with Crippen molar-refractivity contribution in [1.29, 1.82) is 0 Å². The van der Waals surface area contributed by atoms with Gasteiger partial charge < -0.3 is 26.0 Å². The number of fused-ring (bicyclic) bond motifs is 1. The Bertz CT molecular complexity index is 952. The second-order valence-electron chi connectivity index (χ2n) is 10.1. The van der Waals surface area contributed by atoms with Gasteiger partial charge in [0.05, 0.1) is 12.1 Å². The van der Waals surface area contributed by atoms with Crippen molar-refractivity contribution in [1.82, 2.24) is 26.7 Å². The van der Waals surface area contributed by atoms with E-state index in [0.717, 1.165) is 36.1 Å². The standard InChI is InChI=1S/C25H37N5O6S/c1-25(2,3)36-24(34)30-35-14-21(32)27-13-17-10-8-16(9-11-17)12-26-20(31)7-5-4-6-19-22-18(15-37-19)28-23(33)29-22/h8-11,18-19,22H,4-7,12-15H2,1-3H3,(H,26,31)(H,27,32)(H,30,34)(H2,28,29,33)/t18-,19-,22-/m0/s1. The third-order valence-corrected chi connectivity index (χ3v) is 7.35. The lowest BCUT2D eigenvalue weighted by molar-refractivity contribution is -0.128. The summed E-state index contributed by atoms with van der Waals surface area (Å²) in [6, 6.07) is 7.93. The number of hydrogen-bond acceptors (Lipinski definition) is 7. The van der Waals surface area contributed by atoms with Gasteiger partial charge in [0.2, 0.25) is 11.8 Å². The number of hydrogen-bond donors (Lipinski definition) is 5. The molecule has 1 aromatic carbocycles. The topological polar surface area (TPSA) is 147 Å². The Labute approximate surface area is 221 Å². The van der Waals surface area contributed by atoms with Crippen LogP contribution >= 0.6 is 11.8 Å². The minimum atomic E-state index is -0.762. The average molecular weight is 536 g/mol. The maximum absolute atomic E-state index is 12.2. The molecule has 3 rings (SSSR count). The van der Waals surface area contributed by atoms with Crippen molar-refractivity contribution < 1.29 is 28.8 Å². The molecule has 2 saturated heterocycles. The summed E-state index contributed by atoms with van der Waals surface area (Å²) in [6.45, 7) is 5.59. The van der Waals surface area contributed by atoms with Crippen LogP contribution in [0.5, 0.6) is 0 Å². The van der Waals surface area contributed by atoms with E-state index in [1.807, 2.05) is 36.0 Å². The molecule has 0 spiro atoms. The first kappa shape index (κ1) is 28.6. The molecular weight excluding hydrogens is 498 g/mol. The quantitative estimate of drug-likeness (QED) is 0.156. The molecule has 0 aliphatic carbocycles. The van der Waals surface area contributed by atoms with E-state index in [-0.39, 0.29) is 36.5 Å². The normalized spacial score (nSPS) is 20.4. The number of carbonyl (C=O) groups excluding carboxylic acids is 4. The fourth-order valence-electron chi connectivity index (χ4n) is 4.05. The van der Waals surface area contributed by atoms with Crippen LogP contribution in [-0.4, -0.2) is 59.2 Å². The number of ether oxygens (including phenoxy) is 1. The summed E-state index contributed by atoms with van der Waals surface area (Å²) in [6.07, 6.45) is 2.47. The number of benzene rings is 1. The predicted octanol–water partition coefficient (Wildman–Crippen LogP) is 2.10. The Balaban J connectivity index is 1.23. The number of thioether (sulfide) groups is 1. The Morgan fingerprint density at radius 3 is 2.30 bits per heavy atom. The summed E-state index contributed by atoms with van der Waals surface area (Å²) >= 11 is 1.89. The summed E-state index contributed by atoms with van der Waals surface area (Å²) in [5.41, 5.74) is 3.27. The van der Waals surface area contributed by atoms with Gasteiger partial charge >= 0.3 is 12.1 Å². The van der Waals surface area contributed by atoms with Gasteiger partial charge in [0.1, 0.15) is 5.60 Å². The number of rotatable bonds is 12. The van der Waals surface area contributed by atoms with Gasteiger partial charge in [0.25, 0.3) is 0 Å². The molecular formula is C25H37N5O6S. The Kier molecular flexibility index (Phi) is 10.4. The molecule has 5 amide bonds. The fraction of sp³-hybridized carbons (Fsp3) is 0.600. The number of urea groups is 1. The largest absolute Gasteiger partial charge is 0.442 e. The fourth-order valence-corrected chi connectivity index (χ4v) is 5.59. The van der Waals surface area contributed by atoms with Crippen LogP contribution in [0.15, 0.2) is 24.3 Å². The number of carbonyl (C=O) groups is 4. The van der Waals surface area contributed by atoms with Crippen molar-refractivity contribution in [3.8, 4) is 0 Å². The molecule has 2 fully saturated rings. The Morgan fingerprint density at radius 2 is 1.65 bits per heavy atom. The lowest BCUT2D eigenvalue weighted by atomic mass is 10.0. The summed E-state index contributed by atoms with van der Waals surface area (Å²) in [7, 11) is 0. The van der Waals surface area contributed by atoms with Crippen LogP contribution < -0.4 is 26.7 Å². The Morgan fingerprint density at radius 1 is 1.00 bits per heavy atom. The summed E-state index contributed by atoms with van der Waals surface area (Å²) in [5.74, 6) is 0.578. The Hall–Kier alpha value is -2.99. The summed E-state index contributed by atoms with van der Waals surface area (Å²) in [5, 5.41) is 12.0. The number of nitrogens with one attached hydrogen (secondary N) is 5. The first-order valence-electron chi connectivity index (χ1n) is 12.5. The highest BCUT2D eigenvalue weighted by Gasteiger charge is 2.42. The third kappa shape index (κ3) is 10.1. The van der Waals surface area contributed by atoms with E-state index in [1.165, 1.54) is 0 Å². The highest BCUT2D eigenvalue weighted by atomic mass is 32.2. The summed E-state index contributed by atoms with van der Waals surface area (Å²) in [4.78, 5) is 51.9. The number of hydroxylamine groups is 1. The van der Waals surface area contributed by atoms with Gasteiger partial charge in [-0.1, -0.05) is 30.7 Å². The zero-order valence-corrected chi connectivity index (χ0v) is 22.4. The van der Waals surface area contributed by atoms with Gasteiger partial charge in [-0.3, -0.25) is 14.4 Å². The average Bonchev–Trinajstić information content (AvgIpc) is 3.38. The second kappa shape index (κ2) is 13.5. The molecule has 0 aromatic heterocycles. The highest BCUT2D eigenvalue weighted by Crippen LogP contribution is 2.33. The second-order valence-corrected chi connectivity index (χ2v) is 11.4. The van der Waals surface area contributed by atoms with Gasteiger partial charge in [-0.25, -0.2) is 9.59 Å². The summed E-state index contributed by atoms with van der Waals surface area (Å²) < 4.78 is 5.01. The van der Waals surface area contributed by atoms with Crippen molar-refractivity contribution in [2.45, 2.75) is 82.5 Å². The maximum atomic E-state index is 12.2. The van der Waals surface area contributed by atoms with Crippen molar-refractivity contribution in [3.63, 3.8) is 0 Å². The van der Waals surface area contributed by atoms with Gasteiger partial charge in [-0.2, -0.15) is 17.2 Å². The van der Waals surface area contributed by atoms with E-state index in [9.17, 15) is 19.2 Å². The lowest BCUT2D eigenvalue weighted by Gasteiger charge is -2.19. The van der Waals surface area contributed by atoms with Crippen molar-refractivity contribution in [3.05, 3.63) is 35.4 Å². The molecule has 0 radical (unpaired) electrons. The van der Waals surface area contributed by atoms with E-state index in [4.69, 9.17) is 9.57 Å². The van der Waals surface area contributed by atoms with E-state index >= 15 is 0 Å². The molecule has 204 valence electrons. The van der Waals surface area contributed by atoms with Crippen LogP contribution in [-0.2, 0) is 32.3 Å². The monoisotopic (exact) mass is 535 g/mol. The smallest absolute Gasteiger partial charge is 0.431 e. The van der Waals surface area contributed by atoms with Crippen LogP contribution in [0.2, 0.25) is 0 Å². The van der Waals surface area contributed by atoms with Crippen LogP contribution in [0.3, 0.4) is 0 Å². The SMILES string of the molecule is CC(C)(C)OC(=O)NOCC(=O)NCc1ccc(CNC(=O)CCCC[C@@H]2SC[C@@H]3NC(=O)N[C@@H]32)cc1. The third-order valence-electron chi connectivity index (χ3n) is 5.84. The van der Waals surface area contributed by atoms with E-state index < -0.39 is 11.7 Å². The van der Waals surface area contributed by atoms with Crippen molar-refractivity contribution in [2.24, 2.45) is 0 Å². The molecule has 5 N–H and O–H groups in total. The van der Waals surface area contributed by atoms with E-state index in [2.05, 4.69) is 26.7 Å². The minimum Gasteiger partial charge on any atom is -0.442 e. The molecule has 2 aliphatic rings. The molecule has 12 heteroatoms. The van der Waals surface area contributed by atoms with Crippen LogP contribution in [0, 0.1) is 0 Å². The van der Waals surface area contributed by atoms with Crippen molar-refractivity contribution in [2.75, 3.05) is 12.4 Å². The molecule has 0 bridgehead atoms. The zero-order valence-electron chi connectivity index (χ0n) is 21.6. The first-order valence-corrected chi connectivity index (χ1v) is 13.5. The molecule has 0 saturated carbocycles. The van der Waals surface area contributed by atoms with Gasteiger partial charge in [0.15, 0.2) is 6.61 Å².